The summed E-state index contributed by atoms with van der Waals surface area (Å²) < 4.78 is 40.4. The van der Waals surface area contributed by atoms with E-state index in [1.165, 1.54) is 6.07 Å². The molecule has 37 heavy (non-hydrogen) atoms. The van der Waals surface area contributed by atoms with Crippen molar-refractivity contribution >= 4 is 32.6 Å². The number of hydrogen-bond acceptors (Lipinski definition) is 6. The topological polar surface area (TPSA) is 54.9 Å². The molecule has 0 unspecified atom stereocenters. The molecule has 4 aromatic rings. The number of aromatic nitrogens is 1. The largest absolute Gasteiger partial charge is 0.457 e. The monoisotopic (exact) mass is 521 g/mol. The molecule has 0 N–H and O–H groups in total. The molecule has 1 aromatic heterocycles. The molecule has 190 valence electrons. The minimum atomic E-state index is -0.736. The second kappa shape index (κ2) is 10.2. The second-order valence-electron chi connectivity index (χ2n) is 9.14. The standard InChI is InChI=1S/C28H25F2N3O3S/c29-18-16-21(30)26-24(17-18)37-28(31-26)33(11-5-10-32-12-14-35-15-13-32)27(34)25-19-6-1-3-8-22(19)36-23-9-4-2-7-20(23)25/h1-4,6-9,16-17,25H,5,10-15H2. The zero-order valence-corrected chi connectivity index (χ0v) is 20.8. The zero-order valence-electron chi connectivity index (χ0n) is 20.0. The Bertz CT molecular complexity index is 1410. The molecule has 0 bridgehead atoms. The summed E-state index contributed by atoms with van der Waals surface area (Å²) in [5.74, 6) is -0.934. The number of carbonyl (C=O) groups is 1. The molecule has 0 radical (unpaired) electrons. The number of nitrogens with zero attached hydrogens (tertiary/aromatic N) is 3. The molecule has 0 aliphatic carbocycles. The van der Waals surface area contributed by atoms with Gasteiger partial charge in [-0.1, -0.05) is 47.7 Å². The van der Waals surface area contributed by atoms with Crippen LogP contribution in [0.15, 0.2) is 60.7 Å². The highest BCUT2D eigenvalue weighted by molar-refractivity contribution is 7.22. The number of anilines is 1. The number of thiazole rings is 1. The van der Waals surface area contributed by atoms with Crippen molar-refractivity contribution in [1.82, 2.24) is 9.88 Å². The van der Waals surface area contributed by atoms with Crippen molar-refractivity contribution in [3.8, 4) is 11.5 Å². The Labute approximate surface area is 217 Å². The van der Waals surface area contributed by atoms with E-state index in [9.17, 15) is 13.6 Å². The van der Waals surface area contributed by atoms with E-state index in [1.807, 2.05) is 48.5 Å². The van der Waals surface area contributed by atoms with Crippen molar-refractivity contribution in [3.05, 3.63) is 83.4 Å². The highest BCUT2D eigenvalue weighted by Gasteiger charge is 2.36. The lowest BCUT2D eigenvalue weighted by atomic mass is 9.87. The predicted octanol–water partition coefficient (Wildman–Crippen LogP) is 5.57. The highest BCUT2D eigenvalue weighted by Crippen LogP contribution is 2.45. The minimum Gasteiger partial charge on any atom is -0.457 e. The molecule has 6 nitrogen and oxygen atoms in total. The van der Waals surface area contributed by atoms with Gasteiger partial charge < -0.3 is 9.47 Å². The summed E-state index contributed by atoms with van der Waals surface area (Å²) in [4.78, 5) is 22.8. The van der Waals surface area contributed by atoms with Crippen LogP contribution in [0.2, 0.25) is 0 Å². The third-order valence-corrected chi connectivity index (χ3v) is 7.81. The second-order valence-corrected chi connectivity index (χ2v) is 10.1. The van der Waals surface area contributed by atoms with Gasteiger partial charge in [-0.3, -0.25) is 14.6 Å². The lowest BCUT2D eigenvalue weighted by Gasteiger charge is -2.32. The van der Waals surface area contributed by atoms with Crippen LogP contribution in [0.3, 0.4) is 0 Å². The van der Waals surface area contributed by atoms with E-state index in [2.05, 4.69) is 9.88 Å². The quantitative estimate of drug-likeness (QED) is 0.332. The van der Waals surface area contributed by atoms with Crippen LogP contribution < -0.4 is 9.64 Å². The Morgan fingerprint density at radius 1 is 1.03 bits per heavy atom. The average Bonchev–Trinajstić information content (AvgIpc) is 3.34. The van der Waals surface area contributed by atoms with E-state index in [-0.39, 0.29) is 11.4 Å². The first-order chi connectivity index (χ1) is 18.1. The first kappa shape index (κ1) is 24.0. The normalized spacial score (nSPS) is 15.7. The molecule has 0 saturated carbocycles. The third-order valence-electron chi connectivity index (χ3n) is 6.79. The first-order valence-electron chi connectivity index (χ1n) is 12.3. The number of hydrogen-bond donors (Lipinski definition) is 0. The van der Waals surface area contributed by atoms with Crippen LogP contribution in [0.5, 0.6) is 11.5 Å². The Morgan fingerprint density at radius 2 is 1.70 bits per heavy atom. The summed E-state index contributed by atoms with van der Waals surface area (Å²) in [5, 5.41) is 0.355. The number of carbonyl (C=O) groups excluding carboxylic acids is 1. The summed E-state index contributed by atoms with van der Waals surface area (Å²) in [7, 11) is 0. The van der Waals surface area contributed by atoms with E-state index in [4.69, 9.17) is 9.47 Å². The molecular formula is C28H25F2N3O3S. The van der Waals surface area contributed by atoms with Gasteiger partial charge in [-0.05, 0) is 24.6 Å². The Balaban J connectivity index is 1.38. The van der Waals surface area contributed by atoms with Gasteiger partial charge in [0.15, 0.2) is 10.9 Å². The van der Waals surface area contributed by atoms with E-state index in [0.717, 1.165) is 48.2 Å². The molecule has 1 saturated heterocycles. The van der Waals surface area contributed by atoms with Gasteiger partial charge >= 0.3 is 0 Å². The molecule has 9 heteroatoms. The number of halogens is 2. The van der Waals surface area contributed by atoms with Crippen LogP contribution >= 0.6 is 11.3 Å². The molecule has 0 spiro atoms. The highest BCUT2D eigenvalue weighted by atomic mass is 32.1. The van der Waals surface area contributed by atoms with E-state index in [0.29, 0.717) is 47.5 Å². The predicted molar refractivity (Wildman–Crippen MR) is 139 cm³/mol. The van der Waals surface area contributed by atoms with Crippen molar-refractivity contribution < 1.29 is 23.0 Å². The number of amides is 1. The van der Waals surface area contributed by atoms with Crippen LogP contribution in [-0.4, -0.2) is 55.2 Å². The van der Waals surface area contributed by atoms with Gasteiger partial charge in [0.05, 0.1) is 23.8 Å². The minimum absolute atomic E-state index is 0.0696. The fraction of sp³-hybridized carbons (Fsp3) is 0.286. The van der Waals surface area contributed by atoms with Gasteiger partial charge in [-0.2, -0.15) is 0 Å². The van der Waals surface area contributed by atoms with Crippen molar-refractivity contribution in [1.29, 1.82) is 0 Å². The van der Waals surface area contributed by atoms with Crippen molar-refractivity contribution in [2.75, 3.05) is 44.3 Å². The van der Waals surface area contributed by atoms with Crippen LogP contribution in [0.4, 0.5) is 13.9 Å². The molecular weight excluding hydrogens is 496 g/mol. The number of ether oxygens (including phenoxy) is 2. The van der Waals surface area contributed by atoms with Gasteiger partial charge in [0.25, 0.3) is 0 Å². The fourth-order valence-corrected chi connectivity index (χ4v) is 6.01. The molecule has 0 atom stereocenters. The lowest BCUT2D eigenvalue weighted by Crippen LogP contribution is -2.40. The third kappa shape index (κ3) is 4.70. The van der Waals surface area contributed by atoms with Crippen molar-refractivity contribution in [2.24, 2.45) is 0 Å². The van der Waals surface area contributed by atoms with Crippen molar-refractivity contribution in [3.63, 3.8) is 0 Å². The smallest absolute Gasteiger partial charge is 0.241 e. The van der Waals surface area contributed by atoms with Gasteiger partial charge in [-0.15, -0.1) is 0 Å². The molecule has 1 amide bonds. The maximum Gasteiger partial charge on any atom is 0.241 e. The Hall–Kier alpha value is -3.40. The summed E-state index contributed by atoms with van der Waals surface area (Å²) in [6, 6.07) is 17.1. The summed E-state index contributed by atoms with van der Waals surface area (Å²) in [6.07, 6.45) is 0.699. The van der Waals surface area contributed by atoms with Crippen LogP contribution in [0.25, 0.3) is 10.2 Å². The molecule has 3 aromatic carbocycles. The molecule has 2 aliphatic rings. The average molecular weight is 522 g/mol. The van der Waals surface area contributed by atoms with E-state index >= 15 is 0 Å². The van der Waals surface area contributed by atoms with Crippen LogP contribution in [0.1, 0.15) is 23.5 Å². The number of fused-ring (bicyclic) bond motifs is 3. The molecule has 6 rings (SSSR count). The maximum absolute atomic E-state index is 14.5. The van der Waals surface area contributed by atoms with Gasteiger partial charge in [-0.25, -0.2) is 13.8 Å². The van der Waals surface area contributed by atoms with Gasteiger partial charge in [0.1, 0.15) is 22.8 Å². The molecule has 3 heterocycles. The summed E-state index contributed by atoms with van der Waals surface area (Å²) >= 11 is 1.12. The zero-order chi connectivity index (χ0) is 25.4. The fourth-order valence-electron chi connectivity index (χ4n) is 4.97. The lowest BCUT2D eigenvalue weighted by molar-refractivity contribution is -0.119. The molecule has 1 fully saturated rings. The van der Waals surface area contributed by atoms with E-state index < -0.39 is 17.6 Å². The summed E-state index contributed by atoms with van der Waals surface area (Å²) in [6.45, 7) is 4.27. The van der Waals surface area contributed by atoms with Crippen LogP contribution in [0, 0.1) is 11.6 Å². The number of para-hydroxylation sites is 2. The van der Waals surface area contributed by atoms with Crippen LogP contribution in [-0.2, 0) is 9.53 Å². The number of morpholine rings is 1. The maximum atomic E-state index is 14.5. The SMILES string of the molecule is O=C(C1c2ccccc2Oc2ccccc21)N(CCCN1CCOCC1)c1nc2c(F)cc(F)cc2s1. The van der Waals surface area contributed by atoms with Gasteiger partial charge in [0, 0.05) is 43.4 Å². The first-order valence-corrected chi connectivity index (χ1v) is 13.1. The number of rotatable bonds is 6. The van der Waals surface area contributed by atoms with Gasteiger partial charge in [0.2, 0.25) is 5.91 Å². The molecule has 2 aliphatic heterocycles. The van der Waals surface area contributed by atoms with E-state index in [1.54, 1.807) is 4.90 Å². The van der Waals surface area contributed by atoms with Crippen molar-refractivity contribution in [2.45, 2.75) is 12.3 Å². The summed E-state index contributed by atoms with van der Waals surface area (Å²) in [5.41, 5.74) is 1.60. The number of benzene rings is 3. The Kier molecular flexibility index (Phi) is 6.58. The Morgan fingerprint density at radius 3 is 2.41 bits per heavy atom.